The van der Waals surface area contributed by atoms with Crippen LogP contribution in [0, 0.1) is 5.92 Å². The van der Waals surface area contributed by atoms with Crippen molar-refractivity contribution in [3.63, 3.8) is 0 Å². The Morgan fingerprint density at radius 3 is 2.59 bits per heavy atom. The van der Waals surface area contributed by atoms with E-state index >= 15 is 0 Å². The molecule has 1 aliphatic rings. The van der Waals surface area contributed by atoms with Crippen LogP contribution in [-0.4, -0.2) is 22.6 Å². The summed E-state index contributed by atoms with van der Waals surface area (Å²) in [5.41, 5.74) is 0.659. The highest BCUT2D eigenvalue weighted by Gasteiger charge is 2.33. The number of para-hydroxylation sites is 1. The molecule has 1 amide bonds. The summed E-state index contributed by atoms with van der Waals surface area (Å²) in [6, 6.07) is 14.6. The predicted molar refractivity (Wildman–Crippen MR) is 110 cm³/mol. The number of H-pyrrole nitrogens is 1. The number of nitrogens with one attached hydrogen (secondary N) is 2. The van der Waals surface area contributed by atoms with E-state index in [9.17, 15) is 14.4 Å². The number of benzene rings is 2. The first-order chi connectivity index (χ1) is 14.1. The number of fused-ring (bicyclic) bond motifs is 1. The molecular formula is C22H23N3O4. The van der Waals surface area contributed by atoms with Crippen molar-refractivity contribution in [2.75, 3.05) is 7.11 Å². The topological polar surface area (TPSA) is 93.2 Å². The molecular weight excluding hydrogens is 370 g/mol. The number of nitrogens with zero attached hydrogens (tertiary/aromatic N) is 1. The van der Waals surface area contributed by atoms with Gasteiger partial charge in [-0.25, -0.2) is 4.79 Å². The van der Waals surface area contributed by atoms with Crippen molar-refractivity contribution < 1.29 is 9.53 Å². The molecule has 1 atom stereocenters. The number of aromatic amines is 1. The van der Waals surface area contributed by atoms with Gasteiger partial charge in [0.15, 0.2) is 0 Å². The maximum Gasteiger partial charge on any atom is 0.328 e. The first-order valence-corrected chi connectivity index (χ1v) is 9.72. The molecule has 1 aromatic heterocycles. The van der Waals surface area contributed by atoms with Gasteiger partial charge in [0.05, 0.1) is 24.1 Å². The first-order valence-electron chi connectivity index (χ1n) is 9.72. The van der Waals surface area contributed by atoms with Crippen LogP contribution in [0.4, 0.5) is 0 Å². The molecule has 0 bridgehead atoms. The number of hydrogen-bond acceptors (Lipinski definition) is 4. The van der Waals surface area contributed by atoms with Crippen molar-refractivity contribution in [2.24, 2.45) is 5.92 Å². The molecule has 1 aliphatic carbocycles. The van der Waals surface area contributed by atoms with E-state index in [1.54, 1.807) is 31.4 Å². The fourth-order valence-corrected chi connectivity index (χ4v) is 3.64. The molecule has 0 spiro atoms. The van der Waals surface area contributed by atoms with Gasteiger partial charge in [-0.2, -0.15) is 0 Å². The van der Waals surface area contributed by atoms with Gasteiger partial charge in [-0.3, -0.25) is 19.1 Å². The van der Waals surface area contributed by atoms with Gasteiger partial charge < -0.3 is 10.1 Å². The molecule has 0 aliphatic heterocycles. The van der Waals surface area contributed by atoms with E-state index < -0.39 is 11.2 Å². The van der Waals surface area contributed by atoms with E-state index in [-0.39, 0.29) is 24.9 Å². The van der Waals surface area contributed by atoms with Gasteiger partial charge in [-0.1, -0.05) is 24.3 Å². The molecule has 1 saturated carbocycles. The second kappa shape index (κ2) is 7.95. The number of carbonyl (C=O) groups excluding carboxylic acids is 1. The van der Waals surface area contributed by atoms with Gasteiger partial charge in [0, 0.05) is 13.0 Å². The third kappa shape index (κ3) is 4.08. The second-order valence-corrected chi connectivity index (χ2v) is 7.33. The summed E-state index contributed by atoms with van der Waals surface area (Å²) in [4.78, 5) is 39.2. The van der Waals surface area contributed by atoms with Gasteiger partial charge in [-0.05, 0) is 48.6 Å². The standard InChI is InChI=1S/C22H23N3O4/c1-29-16-10-8-15(9-11-16)20(14-6-7-14)23-19(26)12-13-25-18-5-3-2-4-17(18)21(27)24-22(25)28/h2-5,8-11,14,20H,6-7,12-13H2,1H3,(H,23,26)(H,24,27,28)/t20-/m1/s1. The zero-order valence-electron chi connectivity index (χ0n) is 16.2. The van der Waals surface area contributed by atoms with Crippen molar-refractivity contribution in [1.29, 1.82) is 0 Å². The third-order valence-corrected chi connectivity index (χ3v) is 5.35. The fraction of sp³-hybridized carbons (Fsp3) is 0.318. The van der Waals surface area contributed by atoms with Crippen LogP contribution in [0.3, 0.4) is 0 Å². The molecule has 0 unspecified atom stereocenters. The number of hydrogen-bond donors (Lipinski definition) is 2. The minimum absolute atomic E-state index is 0.0440. The summed E-state index contributed by atoms with van der Waals surface area (Å²) < 4.78 is 6.64. The first kappa shape index (κ1) is 19.0. The highest BCUT2D eigenvalue weighted by Crippen LogP contribution is 2.41. The lowest BCUT2D eigenvalue weighted by Crippen LogP contribution is -2.34. The summed E-state index contributed by atoms with van der Waals surface area (Å²) in [7, 11) is 1.62. The molecule has 0 radical (unpaired) electrons. The van der Waals surface area contributed by atoms with Crippen molar-refractivity contribution in [3.05, 3.63) is 74.9 Å². The van der Waals surface area contributed by atoms with Crippen molar-refractivity contribution in [2.45, 2.75) is 31.8 Å². The Morgan fingerprint density at radius 1 is 1.17 bits per heavy atom. The van der Waals surface area contributed by atoms with Crippen molar-refractivity contribution >= 4 is 16.8 Å². The number of ether oxygens (including phenoxy) is 1. The molecule has 7 nitrogen and oxygen atoms in total. The average molecular weight is 393 g/mol. The minimum Gasteiger partial charge on any atom is -0.497 e. The quantitative estimate of drug-likeness (QED) is 0.644. The normalized spacial score (nSPS) is 14.5. The molecule has 150 valence electrons. The molecule has 1 heterocycles. The van der Waals surface area contributed by atoms with Crippen LogP contribution in [0.15, 0.2) is 58.1 Å². The van der Waals surface area contributed by atoms with Crippen LogP contribution in [0.5, 0.6) is 5.75 Å². The SMILES string of the molecule is COc1ccc([C@H](NC(=O)CCn2c(=O)[nH]c(=O)c3ccccc32)C2CC2)cc1. The average Bonchev–Trinajstić information content (AvgIpc) is 3.57. The van der Waals surface area contributed by atoms with E-state index in [2.05, 4.69) is 10.3 Å². The summed E-state index contributed by atoms with van der Waals surface area (Å²) in [5.74, 6) is 1.09. The lowest BCUT2D eigenvalue weighted by molar-refractivity contribution is -0.122. The molecule has 4 rings (SSSR count). The number of rotatable bonds is 7. The lowest BCUT2D eigenvalue weighted by atomic mass is 10.0. The number of aromatic nitrogens is 2. The van der Waals surface area contributed by atoms with Crippen LogP contribution in [0.25, 0.3) is 10.9 Å². The molecule has 7 heteroatoms. The smallest absolute Gasteiger partial charge is 0.328 e. The zero-order valence-corrected chi connectivity index (χ0v) is 16.2. The highest BCUT2D eigenvalue weighted by molar-refractivity contribution is 5.79. The Labute approximate surface area is 167 Å². The van der Waals surface area contributed by atoms with E-state index in [1.165, 1.54) is 4.57 Å². The largest absolute Gasteiger partial charge is 0.497 e. The zero-order chi connectivity index (χ0) is 20.4. The predicted octanol–water partition coefficient (Wildman–Crippen LogP) is 2.36. The highest BCUT2D eigenvalue weighted by atomic mass is 16.5. The Morgan fingerprint density at radius 2 is 1.90 bits per heavy atom. The van der Waals surface area contributed by atoms with Gasteiger partial charge in [0.1, 0.15) is 5.75 Å². The Balaban J connectivity index is 1.49. The monoisotopic (exact) mass is 393 g/mol. The lowest BCUT2D eigenvalue weighted by Gasteiger charge is -2.19. The third-order valence-electron chi connectivity index (χ3n) is 5.35. The van der Waals surface area contributed by atoms with Crippen LogP contribution < -0.4 is 21.3 Å². The van der Waals surface area contributed by atoms with Crippen molar-refractivity contribution in [3.8, 4) is 5.75 Å². The summed E-state index contributed by atoms with van der Waals surface area (Å²) in [6.45, 7) is 0.196. The van der Waals surface area contributed by atoms with Crippen molar-refractivity contribution in [1.82, 2.24) is 14.9 Å². The van der Waals surface area contributed by atoms with E-state index in [0.717, 1.165) is 24.2 Å². The van der Waals surface area contributed by atoms with Gasteiger partial charge in [0.25, 0.3) is 5.56 Å². The van der Waals surface area contributed by atoms with E-state index in [4.69, 9.17) is 4.74 Å². The minimum atomic E-state index is -0.504. The van der Waals surface area contributed by atoms with Crippen LogP contribution in [0.2, 0.25) is 0 Å². The molecule has 29 heavy (non-hydrogen) atoms. The number of aryl methyl sites for hydroxylation is 1. The fourth-order valence-electron chi connectivity index (χ4n) is 3.64. The Kier molecular flexibility index (Phi) is 5.20. The van der Waals surface area contributed by atoms with Crippen LogP contribution in [0.1, 0.15) is 30.9 Å². The van der Waals surface area contributed by atoms with Crippen LogP contribution >= 0.6 is 0 Å². The second-order valence-electron chi connectivity index (χ2n) is 7.33. The summed E-state index contributed by atoms with van der Waals surface area (Å²) in [6.07, 6.45) is 2.32. The maximum atomic E-state index is 12.6. The summed E-state index contributed by atoms with van der Waals surface area (Å²) >= 11 is 0. The number of amides is 1. The number of methoxy groups -OCH3 is 1. The van der Waals surface area contributed by atoms with E-state index in [1.807, 2.05) is 24.3 Å². The molecule has 1 fully saturated rings. The van der Waals surface area contributed by atoms with Gasteiger partial charge in [0.2, 0.25) is 5.91 Å². The maximum absolute atomic E-state index is 12.6. The Bertz CT molecular complexity index is 1140. The van der Waals surface area contributed by atoms with Gasteiger partial charge in [-0.15, -0.1) is 0 Å². The molecule has 3 aromatic rings. The van der Waals surface area contributed by atoms with E-state index in [0.29, 0.717) is 16.8 Å². The summed E-state index contributed by atoms with van der Waals surface area (Å²) in [5, 5.41) is 3.55. The molecule has 2 N–H and O–H groups in total. The molecule has 0 saturated heterocycles. The van der Waals surface area contributed by atoms with Crippen LogP contribution in [-0.2, 0) is 11.3 Å². The van der Waals surface area contributed by atoms with Gasteiger partial charge >= 0.3 is 5.69 Å². The Hall–Kier alpha value is -3.35. The number of carbonyl (C=O) groups is 1. The molecule has 2 aromatic carbocycles.